The number of unbranched alkanes of at least 4 members (excludes halogenated alkanes) is 6. The van der Waals surface area contributed by atoms with Crippen LogP contribution in [0.4, 0.5) is 0 Å². The number of rotatable bonds is 10. The monoisotopic (exact) mass is 448 g/mol. The zero-order valence-electron chi connectivity index (χ0n) is 20.7. The first-order valence-electron chi connectivity index (χ1n) is 12.8. The Kier molecular flexibility index (Phi) is 10.9. The SMILES string of the molecule is CCCCCCc1ccc(C#Cc2ccc(C#Cc3ccc(CCCCCC)cc3)nn2)cc1. The summed E-state index contributed by atoms with van der Waals surface area (Å²) < 4.78 is 0. The van der Waals surface area contributed by atoms with E-state index in [9.17, 15) is 0 Å². The molecule has 0 N–H and O–H groups in total. The van der Waals surface area contributed by atoms with Gasteiger partial charge >= 0.3 is 0 Å². The third kappa shape index (κ3) is 9.25. The fraction of sp³-hybridized carbons (Fsp3) is 0.375. The van der Waals surface area contributed by atoms with Gasteiger partial charge in [-0.25, -0.2) is 0 Å². The van der Waals surface area contributed by atoms with Crippen molar-refractivity contribution in [3.8, 4) is 23.7 Å². The van der Waals surface area contributed by atoms with E-state index >= 15 is 0 Å². The molecule has 0 atom stereocenters. The zero-order valence-corrected chi connectivity index (χ0v) is 20.7. The molecule has 2 aromatic carbocycles. The average Bonchev–Trinajstić information content (AvgIpc) is 2.89. The molecular weight excluding hydrogens is 412 g/mol. The zero-order chi connectivity index (χ0) is 23.8. The minimum absolute atomic E-state index is 0.654. The second-order valence-corrected chi connectivity index (χ2v) is 8.82. The normalized spacial score (nSPS) is 10.2. The highest BCUT2D eigenvalue weighted by Crippen LogP contribution is 2.11. The quantitative estimate of drug-likeness (QED) is 0.237. The van der Waals surface area contributed by atoms with Gasteiger partial charge in [-0.05, 0) is 85.0 Å². The van der Waals surface area contributed by atoms with Gasteiger partial charge in [-0.2, -0.15) is 0 Å². The summed E-state index contributed by atoms with van der Waals surface area (Å²) in [6, 6.07) is 20.8. The van der Waals surface area contributed by atoms with Crippen molar-refractivity contribution in [2.45, 2.75) is 78.1 Å². The molecule has 0 amide bonds. The maximum absolute atomic E-state index is 4.22. The van der Waals surface area contributed by atoms with E-state index in [1.54, 1.807) is 0 Å². The minimum atomic E-state index is 0.654. The number of benzene rings is 2. The molecule has 3 rings (SSSR count). The number of nitrogens with zero attached hydrogens (tertiary/aromatic N) is 2. The van der Waals surface area contributed by atoms with Crippen LogP contribution in [0.25, 0.3) is 0 Å². The Labute approximate surface area is 206 Å². The molecule has 0 aliphatic rings. The number of aromatic nitrogens is 2. The maximum Gasteiger partial charge on any atom is 0.136 e. The second-order valence-electron chi connectivity index (χ2n) is 8.82. The smallest absolute Gasteiger partial charge is 0.136 e. The first-order valence-corrected chi connectivity index (χ1v) is 12.8. The molecule has 0 aliphatic carbocycles. The van der Waals surface area contributed by atoms with E-state index in [1.165, 1.54) is 62.5 Å². The van der Waals surface area contributed by atoms with Gasteiger partial charge < -0.3 is 0 Å². The first-order chi connectivity index (χ1) is 16.8. The van der Waals surface area contributed by atoms with E-state index in [1.807, 2.05) is 12.1 Å². The summed E-state index contributed by atoms with van der Waals surface area (Å²) in [7, 11) is 0. The molecule has 0 spiro atoms. The van der Waals surface area contributed by atoms with Crippen molar-refractivity contribution in [2.75, 3.05) is 0 Å². The van der Waals surface area contributed by atoms with Crippen LogP contribution in [0.3, 0.4) is 0 Å². The van der Waals surface area contributed by atoms with Crippen molar-refractivity contribution in [2.24, 2.45) is 0 Å². The highest BCUT2D eigenvalue weighted by atomic mass is 15.1. The van der Waals surface area contributed by atoms with Crippen molar-refractivity contribution in [1.82, 2.24) is 10.2 Å². The lowest BCUT2D eigenvalue weighted by Gasteiger charge is -2.01. The lowest BCUT2D eigenvalue weighted by Crippen LogP contribution is -1.91. The van der Waals surface area contributed by atoms with Crippen LogP contribution in [0.2, 0.25) is 0 Å². The lowest BCUT2D eigenvalue weighted by molar-refractivity contribution is 0.667. The molecule has 2 heteroatoms. The van der Waals surface area contributed by atoms with Gasteiger partial charge in [0.25, 0.3) is 0 Å². The summed E-state index contributed by atoms with van der Waals surface area (Å²) in [5.74, 6) is 12.6. The summed E-state index contributed by atoms with van der Waals surface area (Å²) in [5.41, 5.74) is 6.06. The number of hydrogen-bond acceptors (Lipinski definition) is 2. The van der Waals surface area contributed by atoms with Crippen molar-refractivity contribution in [3.05, 3.63) is 94.3 Å². The summed E-state index contributed by atoms with van der Waals surface area (Å²) in [6.07, 6.45) is 12.6. The Morgan fingerprint density at radius 1 is 0.471 bits per heavy atom. The Balaban J connectivity index is 1.50. The van der Waals surface area contributed by atoms with E-state index in [0.29, 0.717) is 11.4 Å². The molecule has 0 unspecified atom stereocenters. The van der Waals surface area contributed by atoms with Gasteiger partial charge in [-0.3, -0.25) is 0 Å². The van der Waals surface area contributed by atoms with Crippen LogP contribution in [0.1, 0.15) is 98.9 Å². The summed E-state index contributed by atoms with van der Waals surface area (Å²) in [5, 5.41) is 8.44. The Bertz CT molecular complexity index is 1010. The molecule has 1 aromatic heterocycles. The molecule has 0 radical (unpaired) electrons. The molecule has 2 nitrogen and oxygen atoms in total. The number of aryl methyl sites for hydroxylation is 2. The molecule has 0 bridgehead atoms. The van der Waals surface area contributed by atoms with Crippen LogP contribution in [0.15, 0.2) is 60.7 Å². The van der Waals surface area contributed by atoms with Crippen LogP contribution in [-0.4, -0.2) is 10.2 Å². The van der Waals surface area contributed by atoms with Crippen molar-refractivity contribution in [3.63, 3.8) is 0 Å². The third-order valence-electron chi connectivity index (χ3n) is 5.88. The fourth-order valence-corrected chi connectivity index (χ4v) is 3.76. The van der Waals surface area contributed by atoms with E-state index in [2.05, 4.69) is 96.3 Å². The molecule has 3 aromatic rings. The molecule has 1 heterocycles. The highest BCUT2D eigenvalue weighted by Gasteiger charge is 1.97. The fourth-order valence-electron chi connectivity index (χ4n) is 3.76. The van der Waals surface area contributed by atoms with Gasteiger partial charge in [0.05, 0.1) is 0 Å². The van der Waals surface area contributed by atoms with Crippen molar-refractivity contribution < 1.29 is 0 Å². The third-order valence-corrected chi connectivity index (χ3v) is 5.88. The van der Waals surface area contributed by atoms with E-state index in [4.69, 9.17) is 0 Å². The molecule has 34 heavy (non-hydrogen) atoms. The van der Waals surface area contributed by atoms with Crippen LogP contribution >= 0.6 is 0 Å². The van der Waals surface area contributed by atoms with Crippen LogP contribution in [-0.2, 0) is 12.8 Å². The summed E-state index contributed by atoms with van der Waals surface area (Å²) in [6.45, 7) is 4.49. The predicted octanol–water partition coefficient (Wildman–Crippen LogP) is 7.52. The van der Waals surface area contributed by atoms with Gasteiger partial charge in [-0.1, -0.05) is 88.5 Å². The largest absolute Gasteiger partial charge is 0.141 e. The van der Waals surface area contributed by atoms with Crippen molar-refractivity contribution >= 4 is 0 Å². The van der Waals surface area contributed by atoms with Crippen LogP contribution in [0, 0.1) is 23.7 Å². The Morgan fingerprint density at radius 2 is 0.882 bits per heavy atom. The molecule has 174 valence electrons. The Hall–Kier alpha value is -3.36. The predicted molar refractivity (Wildman–Crippen MR) is 143 cm³/mol. The summed E-state index contributed by atoms with van der Waals surface area (Å²) >= 11 is 0. The second kappa shape index (κ2) is 14.7. The Morgan fingerprint density at radius 3 is 1.24 bits per heavy atom. The van der Waals surface area contributed by atoms with Crippen LogP contribution in [0.5, 0.6) is 0 Å². The van der Waals surface area contributed by atoms with E-state index in [-0.39, 0.29) is 0 Å². The lowest BCUT2D eigenvalue weighted by atomic mass is 10.0. The minimum Gasteiger partial charge on any atom is -0.141 e. The average molecular weight is 449 g/mol. The van der Waals surface area contributed by atoms with E-state index < -0.39 is 0 Å². The van der Waals surface area contributed by atoms with Gasteiger partial charge in [0, 0.05) is 11.1 Å². The molecule has 0 aliphatic heterocycles. The number of hydrogen-bond donors (Lipinski definition) is 0. The molecular formula is C32H36N2. The van der Waals surface area contributed by atoms with Gasteiger partial charge in [0.2, 0.25) is 0 Å². The standard InChI is InChI=1S/C32H36N2/c1-3-5-7-9-11-27-13-17-29(18-14-27)21-23-31-25-26-32(34-33-31)24-22-30-19-15-28(16-20-30)12-10-8-6-4-2/h13-20,25-26H,3-12H2,1-2H3. The van der Waals surface area contributed by atoms with Gasteiger partial charge in [0.1, 0.15) is 11.4 Å². The first kappa shape index (κ1) is 25.3. The van der Waals surface area contributed by atoms with Crippen LogP contribution < -0.4 is 0 Å². The maximum atomic E-state index is 4.22. The summed E-state index contributed by atoms with van der Waals surface area (Å²) in [4.78, 5) is 0. The highest BCUT2D eigenvalue weighted by molar-refractivity contribution is 5.43. The topological polar surface area (TPSA) is 25.8 Å². The van der Waals surface area contributed by atoms with Crippen molar-refractivity contribution in [1.29, 1.82) is 0 Å². The van der Waals surface area contributed by atoms with E-state index in [0.717, 1.165) is 24.0 Å². The molecule has 0 saturated carbocycles. The molecule has 0 saturated heterocycles. The van der Waals surface area contributed by atoms with Gasteiger partial charge in [0.15, 0.2) is 0 Å². The molecule has 0 fully saturated rings. The van der Waals surface area contributed by atoms with Gasteiger partial charge in [-0.15, -0.1) is 10.2 Å².